The van der Waals surface area contributed by atoms with Crippen molar-refractivity contribution in [2.24, 2.45) is 17.8 Å². The maximum absolute atomic E-state index is 14.0. The van der Waals surface area contributed by atoms with Crippen molar-refractivity contribution < 1.29 is 26.7 Å². The van der Waals surface area contributed by atoms with Gasteiger partial charge in [0.1, 0.15) is 0 Å². The van der Waals surface area contributed by atoms with Gasteiger partial charge in [0.05, 0.1) is 0 Å². The number of hydrogen-bond donors (Lipinski definition) is 0. The van der Waals surface area contributed by atoms with Crippen molar-refractivity contribution in [3.63, 3.8) is 0 Å². The van der Waals surface area contributed by atoms with Crippen LogP contribution in [-0.2, 0) is 0 Å². The standard InChI is InChI=1S/C23H29F5O/c1-2-3-4-15-5-7-16(8-6-15)17-9-11-18(12-10-17)19-13-20(24)22(21(25)14-19)29-23(26,27)28/h2-3,13-18H,4-12H2,1H3/b3-2+. The maximum Gasteiger partial charge on any atom is 0.573 e. The molecule has 2 saturated carbocycles. The van der Waals surface area contributed by atoms with E-state index in [1.807, 2.05) is 0 Å². The molecule has 0 bridgehead atoms. The van der Waals surface area contributed by atoms with Gasteiger partial charge in [-0.15, -0.1) is 13.2 Å². The summed E-state index contributed by atoms with van der Waals surface area (Å²) in [6.45, 7) is 2.05. The van der Waals surface area contributed by atoms with Crippen LogP contribution in [0.4, 0.5) is 22.0 Å². The zero-order valence-electron chi connectivity index (χ0n) is 16.8. The quantitative estimate of drug-likeness (QED) is 0.350. The zero-order chi connectivity index (χ0) is 21.0. The number of ether oxygens (including phenoxy) is 1. The molecule has 1 aromatic rings. The first-order valence-corrected chi connectivity index (χ1v) is 10.6. The van der Waals surface area contributed by atoms with E-state index >= 15 is 0 Å². The highest BCUT2D eigenvalue weighted by Gasteiger charge is 2.35. The zero-order valence-corrected chi connectivity index (χ0v) is 16.8. The Balaban J connectivity index is 1.54. The molecule has 3 rings (SSSR count). The van der Waals surface area contributed by atoms with E-state index in [4.69, 9.17) is 0 Å². The lowest BCUT2D eigenvalue weighted by Gasteiger charge is -2.38. The molecular weight excluding hydrogens is 387 g/mol. The molecule has 2 aliphatic rings. The predicted octanol–water partition coefficient (Wildman–Crippen LogP) is 7.91. The SMILES string of the molecule is C/C=C/CC1CCC(C2CCC(c3cc(F)c(OC(F)(F)F)c(F)c3)CC2)CC1. The third-order valence-corrected chi connectivity index (χ3v) is 6.74. The molecule has 0 aromatic heterocycles. The maximum atomic E-state index is 14.0. The van der Waals surface area contributed by atoms with Crippen molar-refractivity contribution in [1.82, 2.24) is 0 Å². The summed E-state index contributed by atoms with van der Waals surface area (Å²) in [5.74, 6) is -1.80. The Hall–Kier alpha value is -1.59. The summed E-state index contributed by atoms with van der Waals surface area (Å²) in [5, 5.41) is 0. The molecule has 0 unspecified atom stereocenters. The van der Waals surface area contributed by atoms with E-state index < -0.39 is 23.7 Å². The van der Waals surface area contributed by atoms with Crippen LogP contribution in [0, 0.1) is 29.4 Å². The Morgan fingerprint density at radius 3 is 1.90 bits per heavy atom. The summed E-state index contributed by atoms with van der Waals surface area (Å²) in [6.07, 6.45) is 9.13. The van der Waals surface area contributed by atoms with Crippen LogP contribution in [-0.4, -0.2) is 6.36 Å². The minimum atomic E-state index is -5.12. The van der Waals surface area contributed by atoms with Gasteiger partial charge in [0.25, 0.3) is 0 Å². The average molecular weight is 416 g/mol. The van der Waals surface area contributed by atoms with Gasteiger partial charge in [0.15, 0.2) is 11.6 Å². The normalized spacial score (nSPS) is 28.6. The first kappa shape index (κ1) is 22.1. The molecule has 0 amide bonds. The van der Waals surface area contributed by atoms with Crippen LogP contribution < -0.4 is 4.74 Å². The third-order valence-electron chi connectivity index (χ3n) is 6.74. The Morgan fingerprint density at radius 2 is 1.41 bits per heavy atom. The fourth-order valence-electron chi connectivity index (χ4n) is 5.18. The van der Waals surface area contributed by atoms with Gasteiger partial charge in [0.2, 0.25) is 5.75 Å². The molecule has 0 saturated heterocycles. The van der Waals surface area contributed by atoms with Crippen LogP contribution in [0.5, 0.6) is 5.75 Å². The molecule has 0 radical (unpaired) electrons. The van der Waals surface area contributed by atoms with Gasteiger partial charge in [-0.05, 0) is 106 Å². The van der Waals surface area contributed by atoms with E-state index in [1.54, 1.807) is 0 Å². The third kappa shape index (κ3) is 5.95. The Morgan fingerprint density at radius 1 is 0.897 bits per heavy atom. The van der Waals surface area contributed by atoms with Crippen LogP contribution in [0.25, 0.3) is 0 Å². The summed E-state index contributed by atoms with van der Waals surface area (Å²) >= 11 is 0. The second kappa shape index (κ2) is 9.48. The van der Waals surface area contributed by atoms with Crippen LogP contribution in [0.3, 0.4) is 0 Å². The summed E-state index contributed by atoms with van der Waals surface area (Å²) in [7, 11) is 0. The van der Waals surface area contributed by atoms with Crippen LogP contribution in [0.15, 0.2) is 24.3 Å². The molecular formula is C23H29F5O. The van der Waals surface area contributed by atoms with Gasteiger partial charge in [0, 0.05) is 0 Å². The van der Waals surface area contributed by atoms with Crippen LogP contribution in [0.1, 0.15) is 76.2 Å². The monoisotopic (exact) mass is 416 g/mol. The average Bonchev–Trinajstić information content (AvgIpc) is 2.69. The first-order valence-electron chi connectivity index (χ1n) is 10.6. The number of allylic oxidation sites excluding steroid dienone is 2. The van der Waals surface area contributed by atoms with Gasteiger partial charge < -0.3 is 4.74 Å². The lowest BCUT2D eigenvalue weighted by molar-refractivity contribution is -0.276. The minimum Gasteiger partial charge on any atom is -0.399 e. The molecule has 0 spiro atoms. The van der Waals surface area contributed by atoms with Gasteiger partial charge in [-0.25, -0.2) is 8.78 Å². The lowest BCUT2D eigenvalue weighted by Crippen LogP contribution is -2.25. The van der Waals surface area contributed by atoms with Gasteiger partial charge in [-0.2, -0.15) is 0 Å². The minimum absolute atomic E-state index is 0.0128. The molecule has 0 aliphatic heterocycles. The molecule has 162 valence electrons. The highest BCUT2D eigenvalue weighted by atomic mass is 19.4. The van der Waals surface area contributed by atoms with E-state index in [9.17, 15) is 22.0 Å². The van der Waals surface area contributed by atoms with Crippen molar-refractivity contribution >= 4 is 0 Å². The van der Waals surface area contributed by atoms with Gasteiger partial charge in [-0.3, -0.25) is 0 Å². The molecule has 0 heterocycles. The molecule has 2 aliphatic carbocycles. The number of hydrogen-bond acceptors (Lipinski definition) is 1. The van der Waals surface area contributed by atoms with Gasteiger partial charge in [-0.1, -0.05) is 12.2 Å². The molecule has 6 heteroatoms. The van der Waals surface area contributed by atoms with Crippen molar-refractivity contribution in [3.8, 4) is 5.75 Å². The highest BCUT2D eigenvalue weighted by molar-refractivity contribution is 5.33. The van der Waals surface area contributed by atoms with E-state index in [1.165, 1.54) is 32.1 Å². The van der Waals surface area contributed by atoms with Crippen molar-refractivity contribution in [3.05, 3.63) is 41.5 Å². The first-order chi connectivity index (χ1) is 13.8. The summed E-state index contributed by atoms with van der Waals surface area (Å²) in [5.41, 5.74) is 0.433. The van der Waals surface area contributed by atoms with E-state index in [0.717, 1.165) is 49.7 Å². The summed E-state index contributed by atoms with van der Waals surface area (Å²) in [4.78, 5) is 0. The summed E-state index contributed by atoms with van der Waals surface area (Å²) < 4.78 is 68.4. The fraction of sp³-hybridized carbons (Fsp3) is 0.652. The predicted molar refractivity (Wildman–Crippen MR) is 103 cm³/mol. The van der Waals surface area contributed by atoms with Gasteiger partial charge >= 0.3 is 6.36 Å². The largest absolute Gasteiger partial charge is 0.573 e. The topological polar surface area (TPSA) is 9.23 Å². The molecule has 0 atom stereocenters. The van der Waals surface area contributed by atoms with Crippen LogP contribution >= 0.6 is 0 Å². The van der Waals surface area contributed by atoms with Crippen LogP contribution in [0.2, 0.25) is 0 Å². The van der Waals surface area contributed by atoms with E-state index in [2.05, 4.69) is 23.8 Å². The highest BCUT2D eigenvalue weighted by Crippen LogP contribution is 2.45. The Kier molecular flexibility index (Phi) is 7.23. The van der Waals surface area contributed by atoms with Crippen molar-refractivity contribution in [2.75, 3.05) is 0 Å². The Labute approximate surface area is 169 Å². The molecule has 1 nitrogen and oxygen atoms in total. The Bertz CT molecular complexity index is 673. The summed E-state index contributed by atoms with van der Waals surface area (Å²) in [6, 6.07) is 2.00. The van der Waals surface area contributed by atoms with E-state index in [-0.39, 0.29) is 5.92 Å². The lowest BCUT2D eigenvalue weighted by atomic mass is 9.68. The van der Waals surface area contributed by atoms with E-state index in [0.29, 0.717) is 11.5 Å². The molecule has 2 fully saturated rings. The van der Waals surface area contributed by atoms with Crippen molar-refractivity contribution in [2.45, 2.75) is 77.0 Å². The fourth-order valence-corrected chi connectivity index (χ4v) is 5.18. The van der Waals surface area contributed by atoms with Crippen molar-refractivity contribution in [1.29, 1.82) is 0 Å². The second-order valence-corrected chi connectivity index (χ2v) is 8.56. The smallest absolute Gasteiger partial charge is 0.399 e. The number of rotatable bonds is 5. The number of alkyl halides is 3. The molecule has 1 aromatic carbocycles. The number of benzene rings is 1. The molecule has 29 heavy (non-hydrogen) atoms. The second-order valence-electron chi connectivity index (χ2n) is 8.56. The molecule has 0 N–H and O–H groups in total. The number of halogens is 5.